The Morgan fingerprint density at radius 2 is 1.83 bits per heavy atom. The molecular weight excluding hydrogens is 425 g/mol. The summed E-state index contributed by atoms with van der Waals surface area (Å²) >= 11 is 0. The molecule has 0 amide bonds. The molecule has 3 rings (SSSR count). The summed E-state index contributed by atoms with van der Waals surface area (Å²) in [6, 6.07) is 1.08. The van der Waals surface area contributed by atoms with Crippen LogP contribution in [0.4, 0.5) is 0 Å². The van der Waals surface area contributed by atoms with Crippen molar-refractivity contribution in [1.82, 2.24) is 10.6 Å². The molecule has 3 unspecified atom stereocenters. The quantitative estimate of drug-likeness (QED) is 0.388. The Labute approximate surface area is 157 Å². The van der Waals surface area contributed by atoms with Crippen LogP contribution in [0.3, 0.4) is 0 Å². The number of rotatable bonds is 4. The molecule has 0 bridgehead atoms. The minimum absolute atomic E-state index is 0. The molecule has 1 saturated heterocycles. The van der Waals surface area contributed by atoms with Gasteiger partial charge < -0.3 is 10.6 Å². The Morgan fingerprint density at radius 1 is 1.09 bits per heavy atom. The summed E-state index contributed by atoms with van der Waals surface area (Å²) in [6.45, 7) is 2.95. The van der Waals surface area contributed by atoms with Gasteiger partial charge in [-0.1, -0.05) is 19.8 Å². The van der Waals surface area contributed by atoms with E-state index in [0.29, 0.717) is 30.1 Å². The summed E-state index contributed by atoms with van der Waals surface area (Å²) in [5, 5.41) is 7.08. The zero-order chi connectivity index (χ0) is 15.6. The Kier molecular flexibility index (Phi) is 7.01. The Hall–Kier alpha value is -0.0500. The molecule has 134 valence electrons. The van der Waals surface area contributed by atoms with E-state index in [0.717, 1.165) is 18.3 Å². The molecule has 1 aliphatic heterocycles. The van der Waals surface area contributed by atoms with Gasteiger partial charge in [-0.2, -0.15) is 0 Å². The molecule has 0 aromatic heterocycles. The van der Waals surface area contributed by atoms with Crippen LogP contribution in [0.2, 0.25) is 0 Å². The first-order valence-electron chi connectivity index (χ1n) is 8.78. The number of halogens is 1. The van der Waals surface area contributed by atoms with Crippen molar-refractivity contribution in [2.75, 3.05) is 18.1 Å². The molecule has 0 aromatic rings. The zero-order valence-electron chi connectivity index (χ0n) is 14.0. The van der Waals surface area contributed by atoms with E-state index < -0.39 is 9.84 Å². The summed E-state index contributed by atoms with van der Waals surface area (Å²) in [5.74, 6) is 2.55. The average molecular weight is 455 g/mol. The predicted molar refractivity (Wildman–Crippen MR) is 105 cm³/mol. The van der Waals surface area contributed by atoms with Crippen LogP contribution in [-0.2, 0) is 9.84 Å². The first-order valence-corrected chi connectivity index (χ1v) is 10.6. The van der Waals surface area contributed by atoms with Gasteiger partial charge in [0.25, 0.3) is 0 Å². The zero-order valence-corrected chi connectivity index (χ0v) is 17.1. The molecule has 3 fully saturated rings. The molecule has 5 nitrogen and oxygen atoms in total. The third-order valence-electron chi connectivity index (χ3n) is 5.03. The van der Waals surface area contributed by atoms with Crippen molar-refractivity contribution in [3.8, 4) is 0 Å². The van der Waals surface area contributed by atoms with Gasteiger partial charge in [0.15, 0.2) is 15.8 Å². The number of hydrogen-bond donors (Lipinski definition) is 2. The van der Waals surface area contributed by atoms with Gasteiger partial charge >= 0.3 is 0 Å². The second kappa shape index (κ2) is 8.36. The van der Waals surface area contributed by atoms with E-state index in [9.17, 15) is 8.42 Å². The molecule has 1 heterocycles. The lowest BCUT2D eigenvalue weighted by atomic mass is 9.87. The highest BCUT2D eigenvalue weighted by Crippen LogP contribution is 2.24. The van der Waals surface area contributed by atoms with Gasteiger partial charge in [-0.3, -0.25) is 4.99 Å². The number of nitrogens with one attached hydrogen (secondary N) is 2. The largest absolute Gasteiger partial charge is 0.354 e. The topological polar surface area (TPSA) is 70.6 Å². The second-order valence-electron chi connectivity index (χ2n) is 7.49. The van der Waals surface area contributed by atoms with Gasteiger partial charge in [0, 0.05) is 18.6 Å². The number of nitrogens with zero attached hydrogens (tertiary/aromatic N) is 1. The van der Waals surface area contributed by atoms with Crippen LogP contribution in [0.5, 0.6) is 0 Å². The fraction of sp³-hybridized carbons (Fsp3) is 0.938. The van der Waals surface area contributed by atoms with Crippen LogP contribution in [0.25, 0.3) is 0 Å². The van der Waals surface area contributed by atoms with Crippen LogP contribution < -0.4 is 10.6 Å². The fourth-order valence-electron chi connectivity index (χ4n) is 3.55. The second-order valence-corrected chi connectivity index (χ2v) is 9.72. The lowest BCUT2D eigenvalue weighted by Crippen LogP contribution is -2.46. The first kappa shape index (κ1) is 19.3. The van der Waals surface area contributed by atoms with E-state index in [-0.39, 0.29) is 29.9 Å². The number of guanidine groups is 1. The van der Waals surface area contributed by atoms with Crippen LogP contribution >= 0.6 is 24.0 Å². The van der Waals surface area contributed by atoms with Crippen LogP contribution in [0, 0.1) is 11.8 Å². The van der Waals surface area contributed by atoms with Crippen molar-refractivity contribution in [2.45, 2.75) is 64.0 Å². The average Bonchev–Trinajstić information content (AvgIpc) is 3.19. The molecule has 3 atom stereocenters. The summed E-state index contributed by atoms with van der Waals surface area (Å²) in [7, 11) is -2.80. The van der Waals surface area contributed by atoms with Gasteiger partial charge in [0.2, 0.25) is 0 Å². The number of aliphatic imine (C=N–C) groups is 1. The maximum absolute atomic E-state index is 11.5. The van der Waals surface area contributed by atoms with E-state index in [1.807, 2.05) is 0 Å². The van der Waals surface area contributed by atoms with Crippen LogP contribution in [-0.4, -0.2) is 44.5 Å². The summed E-state index contributed by atoms with van der Waals surface area (Å²) < 4.78 is 23.1. The maximum atomic E-state index is 11.5. The molecule has 2 aliphatic carbocycles. The number of sulfone groups is 1. The third-order valence-corrected chi connectivity index (χ3v) is 6.87. The molecule has 23 heavy (non-hydrogen) atoms. The molecule has 0 radical (unpaired) electrons. The van der Waals surface area contributed by atoms with Crippen LogP contribution in [0.1, 0.15) is 51.9 Å². The van der Waals surface area contributed by atoms with Crippen molar-refractivity contribution in [2.24, 2.45) is 16.8 Å². The van der Waals surface area contributed by atoms with E-state index in [1.54, 1.807) is 0 Å². The third kappa shape index (κ3) is 6.40. The molecule has 7 heteroatoms. The molecule has 2 N–H and O–H groups in total. The lowest BCUT2D eigenvalue weighted by Gasteiger charge is -2.29. The van der Waals surface area contributed by atoms with Gasteiger partial charge in [0.1, 0.15) is 0 Å². The Balaban J connectivity index is 0.00000192. The Morgan fingerprint density at radius 3 is 2.43 bits per heavy atom. The molecule has 0 aromatic carbocycles. The van der Waals surface area contributed by atoms with Gasteiger partial charge in [-0.05, 0) is 43.9 Å². The van der Waals surface area contributed by atoms with Gasteiger partial charge in [-0.25, -0.2) is 8.42 Å². The van der Waals surface area contributed by atoms with Crippen molar-refractivity contribution in [3.05, 3.63) is 0 Å². The summed E-state index contributed by atoms with van der Waals surface area (Å²) in [5.41, 5.74) is 0. The number of hydrogen-bond acceptors (Lipinski definition) is 3. The minimum atomic E-state index is -2.80. The lowest BCUT2D eigenvalue weighted by molar-refractivity contribution is 0.324. The highest BCUT2D eigenvalue weighted by Gasteiger charge is 2.29. The fourth-order valence-corrected chi connectivity index (χ4v) is 5.40. The van der Waals surface area contributed by atoms with Gasteiger partial charge in [0.05, 0.1) is 11.5 Å². The summed E-state index contributed by atoms with van der Waals surface area (Å²) in [6.07, 6.45) is 8.26. The van der Waals surface area contributed by atoms with Crippen molar-refractivity contribution in [1.29, 1.82) is 0 Å². The highest BCUT2D eigenvalue weighted by atomic mass is 127. The predicted octanol–water partition coefficient (Wildman–Crippen LogP) is 2.32. The molecular formula is C16H30IN3O2S. The SMILES string of the molecule is CC1CCCC(NC(=NCC2CCS(=O)(=O)C2)NC2CC2)C1.I. The van der Waals surface area contributed by atoms with Crippen LogP contribution in [0.15, 0.2) is 4.99 Å². The summed E-state index contributed by atoms with van der Waals surface area (Å²) in [4.78, 5) is 4.70. The van der Waals surface area contributed by atoms with E-state index in [4.69, 9.17) is 4.99 Å². The molecule has 3 aliphatic rings. The van der Waals surface area contributed by atoms with E-state index in [2.05, 4.69) is 17.6 Å². The normalized spacial score (nSPS) is 33.8. The maximum Gasteiger partial charge on any atom is 0.191 e. The highest BCUT2D eigenvalue weighted by molar-refractivity contribution is 14.0. The standard InChI is InChI=1S/C16H29N3O2S.HI/c1-12-3-2-4-15(9-12)19-16(18-14-5-6-14)17-10-13-7-8-22(20,21)11-13;/h12-15H,2-11H2,1H3,(H2,17,18,19);1H. The Bertz CT molecular complexity index is 519. The van der Waals surface area contributed by atoms with E-state index in [1.165, 1.54) is 38.5 Å². The van der Waals surface area contributed by atoms with Crippen molar-refractivity contribution >= 4 is 39.8 Å². The van der Waals surface area contributed by atoms with Crippen molar-refractivity contribution in [3.63, 3.8) is 0 Å². The first-order chi connectivity index (χ1) is 10.5. The molecule has 2 saturated carbocycles. The van der Waals surface area contributed by atoms with Crippen molar-refractivity contribution < 1.29 is 8.42 Å². The molecule has 0 spiro atoms. The monoisotopic (exact) mass is 455 g/mol. The van der Waals surface area contributed by atoms with E-state index >= 15 is 0 Å². The smallest absolute Gasteiger partial charge is 0.191 e. The van der Waals surface area contributed by atoms with Gasteiger partial charge in [-0.15, -0.1) is 24.0 Å². The minimum Gasteiger partial charge on any atom is -0.354 e.